The first-order valence-electron chi connectivity index (χ1n) is 9.63. The molecule has 0 saturated heterocycles. The second-order valence-corrected chi connectivity index (χ2v) is 7.30. The van der Waals surface area contributed by atoms with E-state index in [2.05, 4.69) is 5.10 Å². The molecular weight excluding hydrogens is 381 g/mol. The van der Waals surface area contributed by atoms with Gasteiger partial charge in [0.15, 0.2) is 12.3 Å². The highest BCUT2D eigenvalue weighted by Crippen LogP contribution is 2.26. The smallest absolute Gasteiger partial charge is 0.279 e. The van der Waals surface area contributed by atoms with Crippen molar-refractivity contribution in [2.24, 2.45) is 0 Å². The number of rotatable bonds is 4. The highest BCUT2D eigenvalue weighted by atomic mass is 19.1. The number of halogens is 1. The monoisotopic (exact) mass is 401 g/mol. The molecule has 0 atom stereocenters. The zero-order valence-electron chi connectivity index (χ0n) is 16.6. The number of benzene rings is 3. The molecule has 150 valence electrons. The second-order valence-electron chi connectivity index (χ2n) is 7.30. The Labute approximate surface area is 172 Å². The van der Waals surface area contributed by atoms with Crippen LogP contribution < -0.4 is 5.56 Å². The van der Waals surface area contributed by atoms with Gasteiger partial charge in [-0.3, -0.25) is 4.79 Å². The van der Waals surface area contributed by atoms with Crippen LogP contribution in [0.15, 0.2) is 77.6 Å². The fourth-order valence-electron chi connectivity index (χ4n) is 3.22. The molecule has 0 unspecified atom stereocenters. The van der Waals surface area contributed by atoms with Crippen LogP contribution >= 0.6 is 0 Å². The average molecular weight is 401 g/mol. The first-order chi connectivity index (χ1) is 14.4. The van der Waals surface area contributed by atoms with Crippen molar-refractivity contribution in [3.05, 3.63) is 99.7 Å². The molecule has 0 bridgehead atoms. The minimum Gasteiger partial charge on any atom is -0.624 e. The minimum atomic E-state index is -0.386. The van der Waals surface area contributed by atoms with Gasteiger partial charge in [0.25, 0.3) is 5.56 Å². The molecule has 0 aliphatic carbocycles. The largest absolute Gasteiger partial charge is 0.624 e. The van der Waals surface area contributed by atoms with Gasteiger partial charge in [-0.15, -0.1) is 0 Å². The van der Waals surface area contributed by atoms with E-state index in [0.717, 1.165) is 15.9 Å². The lowest BCUT2D eigenvalue weighted by molar-refractivity contribution is -0.487. The molecule has 0 spiro atoms. The molecule has 5 nitrogen and oxygen atoms in total. The third-order valence-corrected chi connectivity index (χ3v) is 4.82. The predicted molar refractivity (Wildman–Crippen MR) is 117 cm³/mol. The molecule has 1 heterocycles. The summed E-state index contributed by atoms with van der Waals surface area (Å²) in [4.78, 5) is 13.0. The van der Waals surface area contributed by atoms with Gasteiger partial charge in [-0.2, -0.15) is 9.78 Å². The molecule has 0 saturated carbocycles. The Bertz CT molecular complexity index is 1310. The molecule has 0 aliphatic rings. The first-order valence-corrected chi connectivity index (χ1v) is 9.63. The maximum atomic E-state index is 13.4. The van der Waals surface area contributed by atoms with Crippen LogP contribution in [0.4, 0.5) is 4.39 Å². The topological polar surface area (TPSA) is 61.0 Å². The Morgan fingerprint density at radius 1 is 1.00 bits per heavy atom. The van der Waals surface area contributed by atoms with Gasteiger partial charge in [-0.05, 0) is 56.3 Å². The highest BCUT2D eigenvalue weighted by Gasteiger charge is 2.14. The number of fused-ring (bicyclic) bond motifs is 1. The number of nitrogens with zero attached hydrogens (tertiary/aromatic N) is 3. The van der Waals surface area contributed by atoms with E-state index in [1.807, 2.05) is 50.2 Å². The van der Waals surface area contributed by atoms with Crippen molar-refractivity contribution >= 4 is 17.0 Å². The lowest BCUT2D eigenvalue weighted by Crippen LogP contribution is -2.22. The van der Waals surface area contributed by atoms with Crippen LogP contribution in [0.5, 0.6) is 0 Å². The molecule has 6 heteroatoms. The number of hydrogen-bond acceptors (Lipinski definition) is 3. The summed E-state index contributed by atoms with van der Waals surface area (Å²) in [6, 6.07) is 20.1. The van der Waals surface area contributed by atoms with Crippen molar-refractivity contribution in [1.29, 1.82) is 0 Å². The maximum Gasteiger partial charge on any atom is 0.279 e. The summed E-state index contributed by atoms with van der Waals surface area (Å²) >= 11 is 0. The van der Waals surface area contributed by atoms with Crippen molar-refractivity contribution in [2.75, 3.05) is 0 Å². The fourth-order valence-corrected chi connectivity index (χ4v) is 3.22. The van der Waals surface area contributed by atoms with E-state index in [0.29, 0.717) is 22.2 Å². The van der Waals surface area contributed by atoms with Crippen molar-refractivity contribution in [1.82, 2.24) is 9.78 Å². The van der Waals surface area contributed by atoms with E-state index in [1.165, 1.54) is 35.2 Å². The molecule has 0 amide bonds. The Morgan fingerprint density at radius 3 is 2.40 bits per heavy atom. The minimum absolute atomic E-state index is 0.173. The number of hydroxylamine groups is 1. The summed E-state index contributed by atoms with van der Waals surface area (Å²) in [5.74, 6) is -0.386. The summed E-state index contributed by atoms with van der Waals surface area (Å²) in [6.45, 7) is 3.64. The molecule has 3 aromatic carbocycles. The molecule has 4 rings (SSSR count). The Morgan fingerprint density at radius 2 is 1.70 bits per heavy atom. The number of hydrogen-bond donors (Lipinski definition) is 0. The molecule has 0 radical (unpaired) electrons. The molecule has 30 heavy (non-hydrogen) atoms. The highest BCUT2D eigenvalue weighted by molar-refractivity contribution is 5.94. The van der Waals surface area contributed by atoms with Crippen molar-refractivity contribution < 1.29 is 9.13 Å². The Hall–Kier alpha value is -3.80. The van der Waals surface area contributed by atoms with Crippen molar-refractivity contribution in [3.63, 3.8) is 0 Å². The van der Waals surface area contributed by atoms with Crippen LogP contribution in [0.3, 0.4) is 0 Å². The lowest BCUT2D eigenvalue weighted by atomic mass is 10.0. The third-order valence-electron chi connectivity index (χ3n) is 4.82. The Balaban J connectivity index is 1.95. The molecule has 1 aromatic heterocycles. The van der Waals surface area contributed by atoms with Gasteiger partial charge in [0.2, 0.25) is 0 Å². The van der Waals surface area contributed by atoms with E-state index in [4.69, 9.17) is 0 Å². The van der Waals surface area contributed by atoms with Gasteiger partial charge in [0, 0.05) is 16.5 Å². The molecule has 0 N–H and O–H groups in total. The van der Waals surface area contributed by atoms with Crippen molar-refractivity contribution in [3.8, 4) is 16.9 Å². The van der Waals surface area contributed by atoms with Crippen LogP contribution in [-0.2, 0) is 0 Å². The molecular formula is C24H20FN3O2. The lowest BCUT2D eigenvalue weighted by Gasteiger charge is -2.12. The van der Waals surface area contributed by atoms with Crippen LogP contribution in [0.2, 0.25) is 0 Å². The van der Waals surface area contributed by atoms with E-state index < -0.39 is 0 Å². The summed E-state index contributed by atoms with van der Waals surface area (Å²) in [5.41, 5.74) is 2.30. The Kier molecular flexibility index (Phi) is 5.14. The molecule has 4 aromatic rings. The summed E-state index contributed by atoms with van der Waals surface area (Å²) in [6.07, 6.45) is 1.53. The SMILES string of the molecule is CC(C)/[N+]([O-])=C\c1cccc(-c2nn(-c3ccc(F)cc3)c(=O)c3ccccc23)c1. The zero-order chi connectivity index (χ0) is 21.3. The van der Waals surface area contributed by atoms with Gasteiger partial charge in [-0.1, -0.05) is 30.3 Å². The van der Waals surface area contributed by atoms with Gasteiger partial charge in [0.05, 0.1) is 16.8 Å². The molecule has 0 aliphatic heterocycles. The van der Waals surface area contributed by atoms with E-state index in [1.54, 1.807) is 12.1 Å². The van der Waals surface area contributed by atoms with Crippen LogP contribution in [-0.4, -0.2) is 26.8 Å². The van der Waals surface area contributed by atoms with E-state index >= 15 is 0 Å². The predicted octanol–water partition coefficient (Wildman–Crippen LogP) is 4.53. The van der Waals surface area contributed by atoms with Gasteiger partial charge >= 0.3 is 0 Å². The van der Waals surface area contributed by atoms with E-state index in [9.17, 15) is 14.4 Å². The van der Waals surface area contributed by atoms with Gasteiger partial charge in [0.1, 0.15) is 5.82 Å². The van der Waals surface area contributed by atoms with Crippen LogP contribution in [0.25, 0.3) is 27.7 Å². The van der Waals surface area contributed by atoms with Crippen LogP contribution in [0.1, 0.15) is 19.4 Å². The normalized spacial score (nSPS) is 11.9. The standard InChI is InChI=1S/C24H20FN3O2/c1-16(2)27(30)15-17-6-5-7-18(14-17)23-21-8-3-4-9-22(21)24(29)28(26-23)20-12-10-19(25)11-13-20/h3-16H,1-2H3/b27-15+. The second kappa shape index (κ2) is 7.91. The summed E-state index contributed by atoms with van der Waals surface area (Å²) in [7, 11) is 0. The zero-order valence-corrected chi connectivity index (χ0v) is 16.6. The average Bonchev–Trinajstić information content (AvgIpc) is 2.75. The quantitative estimate of drug-likeness (QED) is 0.218. The van der Waals surface area contributed by atoms with Crippen molar-refractivity contribution in [2.45, 2.75) is 19.9 Å². The molecule has 0 fully saturated rings. The summed E-state index contributed by atoms with van der Waals surface area (Å²) < 4.78 is 15.5. The van der Waals surface area contributed by atoms with Gasteiger partial charge < -0.3 is 5.21 Å². The first kappa shape index (κ1) is 19.5. The fraction of sp³-hybridized carbons (Fsp3) is 0.125. The van der Waals surface area contributed by atoms with E-state index in [-0.39, 0.29) is 17.4 Å². The van der Waals surface area contributed by atoms with Crippen LogP contribution in [0, 0.1) is 11.0 Å². The maximum absolute atomic E-state index is 13.4. The third kappa shape index (κ3) is 3.72. The van der Waals surface area contributed by atoms with Gasteiger partial charge in [-0.25, -0.2) is 9.13 Å². The summed E-state index contributed by atoms with van der Waals surface area (Å²) in [5, 5.41) is 17.9. The number of aromatic nitrogens is 2.